The normalized spacial score (nSPS) is 9.80. The average molecular weight is 170 g/mol. The fourth-order valence-corrected chi connectivity index (χ4v) is 2.21. The topological polar surface area (TPSA) is 0 Å². The molecule has 0 nitrogen and oxygen atoms in total. The molecule has 1 rings (SSSR count). The second-order valence-electron chi connectivity index (χ2n) is 2.07. The third-order valence-electron chi connectivity index (χ3n) is 1.17. The molecule has 10 heavy (non-hydrogen) atoms. The van der Waals surface area contributed by atoms with Gasteiger partial charge in [-0.1, -0.05) is 33.7 Å². The van der Waals surface area contributed by atoms with E-state index in [9.17, 15) is 0 Å². The number of aryl methyl sites for hydroxylation is 1. The summed E-state index contributed by atoms with van der Waals surface area (Å²) in [5.74, 6) is 0. The minimum atomic E-state index is 1.33. The zero-order valence-corrected chi connectivity index (χ0v) is 7.76. The van der Waals surface area contributed by atoms with Crippen molar-refractivity contribution in [1.29, 1.82) is 0 Å². The molecule has 1 aromatic rings. The Morgan fingerprint density at radius 3 is 2.70 bits per heavy atom. The first-order valence-corrected chi connectivity index (χ1v) is 5.66. The van der Waals surface area contributed by atoms with Gasteiger partial charge in [-0.25, -0.2) is 0 Å². The molecule has 0 aliphatic rings. The fraction of sp³-hybridized carbons (Fsp3) is 0.250. The highest BCUT2D eigenvalue weighted by Gasteiger charge is 1.90. The van der Waals surface area contributed by atoms with E-state index in [4.69, 9.17) is 0 Å². The standard InChI is InChI=1S/C8H10S2/c1-7-4-3-5-8(6-7)10-9-2/h3-6H,1-2H3. The molecule has 0 amide bonds. The molecule has 0 N–H and O–H groups in total. The Morgan fingerprint density at radius 2 is 2.10 bits per heavy atom. The number of hydrogen-bond donors (Lipinski definition) is 0. The second-order valence-corrected chi connectivity index (χ2v) is 4.54. The first-order chi connectivity index (χ1) is 4.83. The summed E-state index contributed by atoms with van der Waals surface area (Å²) in [5, 5.41) is 0. The summed E-state index contributed by atoms with van der Waals surface area (Å²) in [4.78, 5) is 1.34. The van der Waals surface area contributed by atoms with E-state index in [0.717, 1.165) is 0 Å². The van der Waals surface area contributed by atoms with Crippen LogP contribution < -0.4 is 0 Å². The van der Waals surface area contributed by atoms with Gasteiger partial charge in [0, 0.05) is 4.90 Å². The fourth-order valence-electron chi connectivity index (χ4n) is 0.763. The lowest BCUT2D eigenvalue weighted by Crippen LogP contribution is -1.70. The molecule has 1 aromatic carbocycles. The van der Waals surface area contributed by atoms with Crippen LogP contribution in [0.5, 0.6) is 0 Å². The Morgan fingerprint density at radius 1 is 1.30 bits per heavy atom. The van der Waals surface area contributed by atoms with E-state index in [1.807, 2.05) is 0 Å². The summed E-state index contributed by atoms with van der Waals surface area (Å²) in [5.41, 5.74) is 1.33. The predicted octanol–water partition coefficient (Wildman–Crippen LogP) is 3.37. The number of rotatable bonds is 2. The molecule has 0 fully saturated rings. The average Bonchev–Trinajstić information content (AvgIpc) is 1.88. The Labute approximate surface area is 69.8 Å². The van der Waals surface area contributed by atoms with Crippen LogP contribution in [0.15, 0.2) is 29.2 Å². The lowest BCUT2D eigenvalue weighted by Gasteiger charge is -1.96. The number of hydrogen-bond acceptors (Lipinski definition) is 2. The first kappa shape index (κ1) is 8.02. The van der Waals surface area contributed by atoms with Crippen molar-refractivity contribution in [2.45, 2.75) is 11.8 Å². The quantitative estimate of drug-likeness (QED) is 0.624. The van der Waals surface area contributed by atoms with Crippen molar-refractivity contribution in [2.24, 2.45) is 0 Å². The molecule has 0 aromatic heterocycles. The van der Waals surface area contributed by atoms with Crippen molar-refractivity contribution in [3.63, 3.8) is 0 Å². The molecule has 0 radical (unpaired) electrons. The van der Waals surface area contributed by atoms with Crippen LogP contribution in [0.3, 0.4) is 0 Å². The van der Waals surface area contributed by atoms with Gasteiger partial charge >= 0.3 is 0 Å². The lowest BCUT2D eigenvalue weighted by atomic mass is 10.2. The zero-order valence-electron chi connectivity index (χ0n) is 6.13. The van der Waals surface area contributed by atoms with E-state index < -0.39 is 0 Å². The van der Waals surface area contributed by atoms with Gasteiger partial charge < -0.3 is 0 Å². The van der Waals surface area contributed by atoms with Crippen molar-refractivity contribution < 1.29 is 0 Å². The molecular formula is C8H10S2. The molecule has 0 bridgehead atoms. The van der Waals surface area contributed by atoms with Gasteiger partial charge in [0.05, 0.1) is 0 Å². The third-order valence-corrected chi connectivity index (χ3v) is 2.86. The van der Waals surface area contributed by atoms with Crippen LogP contribution in [0.4, 0.5) is 0 Å². The van der Waals surface area contributed by atoms with Gasteiger partial charge in [-0.05, 0) is 30.9 Å². The minimum absolute atomic E-state index is 1.33. The molecule has 0 saturated carbocycles. The molecule has 2 heteroatoms. The maximum Gasteiger partial charge on any atom is 0.0185 e. The van der Waals surface area contributed by atoms with E-state index in [1.165, 1.54) is 10.5 Å². The van der Waals surface area contributed by atoms with Crippen molar-refractivity contribution in [2.75, 3.05) is 6.26 Å². The van der Waals surface area contributed by atoms with Gasteiger partial charge in [0.1, 0.15) is 0 Å². The summed E-state index contributed by atoms with van der Waals surface area (Å²) in [6, 6.07) is 8.54. The zero-order chi connectivity index (χ0) is 7.40. The predicted molar refractivity (Wildman–Crippen MR) is 50.6 cm³/mol. The minimum Gasteiger partial charge on any atom is -0.0924 e. The van der Waals surface area contributed by atoms with Gasteiger partial charge in [-0.15, -0.1) is 0 Å². The van der Waals surface area contributed by atoms with Crippen LogP contribution >= 0.6 is 21.6 Å². The van der Waals surface area contributed by atoms with Crippen molar-refractivity contribution in [3.8, 4) is 0 Å². The summed E-state index contributed by atoms with van der Waals surface area (Å²) in [7, 11) is 3.59. The molecular weight excluding hydrogens is 160 g/mol. The third kappa shape index (κ3) is 2.27. The van der Waals surface area contributed by atoms with Gasteiger partial charge in [0.2, 0.25) is 0 Å². The van der Waals surface area contributed by atoms with E-state index in [1.54, 1.807) is 21.6 Å². The highest BCUT2D eigenvalue weighted by molar-refractivity contribution is 8.76. The van der Waals surface area contributed by atoms with E-state index >= 15 is 0 Å². The van der Waals surface area contributed by atoms with Gasteiger partial charge in [-0.2, -0.15) is 0 Å². The molecule has 0 aliphatic heterocycles. The van der Waals surface area contributed by atoms with Crippen LogP contribution in [0.25, 0.3) is 0 Å². The molecule has 54 valence electrons. The van der Waals surface area contributed by atoms with E-state index in [0.29, 0.717) is 0 Å². The van der Waals surface area contributed by atoms with Crippen molar-refractivity contribution in [3.05, 3.63) is 29.8 Å². The lowest BCUT2D eigenvalue weighted by molar-refractivity contribution is 1.37. The molecule has 0 spiro atoms. The monoisotopic (exact) mass is 170 g/mol. The highest BCUT2D eigenvalue weighted by Crippen LogP contribution is 2.28. The van der Waals surface area contributed by atoms with Gasteiger partial charge in [0.25, 0.3) is 0 Å². The molecule has 0 heterocycles. The van der Waals surface area contributed by atoms with Crippen LogP contribution in [0, 0.1) is 6.92 Å². The Balaban J connectivity index is 2.75. The molecule has 0 atom stereocenters. The van der Waals surface area contributed by atoms with Crippen LogP contribution in [0.2, 0.25) is 0 Å². The van der Waals surface area contributed by atoms with Crippen LogP contribution in [-0.4, -0.2) is 6.26 Å². The Bertz CT molecular complexity index is 208. The van der Waals surface area contributed by atoms with Crippen molar-refractivity contribution in [1.82, 2.24) is 0 Å². The number of benzene rings is 1. The highest BCUT2D eigenvalue weighted by atomic mass is 33.1. The Kier molecular flexibility index (Phi) is 3.16. The van der Waals surface area contributed by atoms with Gasteiger partial charge in [-0.3, -0.25) is 0 Å². The molecule has 0 saturated heterocycles. The maximum absolute atomic E-state index is 2.20. The second kappa shape index (κ2) is 3.94. The maximum atomic E-state index is 2.20. The smallest absolute Gasteiger partial charge is 0.0185 e. The van der Waals surface area contributed by atoms with Crippen LogP contribution in [0.1, 0.15) is 5.56 Å². The SMILES string of the molecule is CSSc1cccc(C)c1. The summed E-state index contributed by atoms with van der Waals surface area (Å²) >= 11 is 0. The first-order valence-electron chi connectivity index (χ1n) is 3.10. The molecule has 0 unspecified atom stereocenters. The van der Waals surface area contributed by atoms with E-state index in [-0.39, 0.29) is 0 Å². The summed E-state index contributed by atoms with van der Waals surface area (Å²) in [6.07, 6.45) is 2.09. The van der Waals surface area contributed by atoms with E-state index in [2.05, 4.69) is 37.4 Å². The largest absolute Gasteiger partial charge is 0.0924 e. The summed E-state index contributed by atoms with van der Waals surface area (Å²) < 4.78 is 0. The van der Waals surface area contributed by atoms with Gasteiger partial charge in [0.15, 0.2) is 0 Å². The van der Waals surface area contributed by atoms with Crippen LogP contribution in [-0.2, 0) is 0 Å². The molecule has 0 aliphatic carbocycles. The Hall–Kier alpha value is -0.0800. The van der Waals surface area contributed by atoms with Crippen molar-refractivity contribution >= 4 is 21.6 Å². The summed E-state index contributed by atoms with van der Waals surface area (Å²) in [6.45, 7) is 2.12.